The quantitative estimate of drug-likeness (QED) is 0.780. The van der Waals surface area contributed by atoms with Gasteiger partial charge in [0.15, 0.2) is 0 Å². The summed E-state index contributed by atoms with van der Waals surface area (Å²) in [4.78, 5) is 0. The van der Waals surface area contributed by atoms with Crippen LogP contribution in [0.15, 0.2) is 24.3 Å². The first-order chi connectivity index (χ1) is 5.63. The summed E-state index contributed by atoms with van der Waals surface area (Å²) in [5.41, 5.74) is 7.52. The van der Waals surface area contributed by atoms with Crippen molar-refractivity contribution in [2.24, 2.45) is 5.73 Å². The smallest absolute Gasteiger partial charge is 0.0143 e. The van der Waals surface area contributed by atoms with Crippen molar-refractivity contribution in [1.82, 2.24) is 0 Å². The Morgan fingerprint density at radius 1 is 1.42 bits per heavy atom. The molecule has 0 amide bonds. The Morgan fingerprint density at radius 2 is 1.92 bits per heavy atom. The van der Waals surface area contributed by atoms with Crippen LogP contribution in [0.3, 0.4) is 0 Å². The molecule has 1 nitrogen and oxygen atoms in total. The van der Waals surface area contributed by atoms with Gasteiger partial charge in [-0.2, -0.15) is 0 Å². The van der Waals surface area contributed by atoms with Gasteiger partial charge in [0.25, 0.3) is 0 Å². The molecule has 12 heavy (non-hydrogen) atoms. The molecule has 0 spiro atoms. The summed E-state index contributed by atoms with van der Waals surface area (Å²) in [6.45, 7) is 2.24. The second-order valence-electron chi connectivity index (χ2n) is 3.73. The van der Waals surface area contributed by atoms with Crippen molar-refractivity contribution in [2.45, 2.75) is 24.8 Å². The van der Waals surface area contributed by atoms with Gasteiger partial charge < -0.3 is 5.73 Å². The summed E-state index contributed by atoms with van der Waals surface area (Å²) in [6, 6.07) is 9.04. The highest BCUT2D eigenvalue weighted by atomic mass is 127. The molecule has 2 N–H and O–H groups in total. The fourth-order valence-corrected chi connectivity index (χ4v) is 1.92. The van der Waals surface area contributed by atoms with Crippen molar-refractivity contribution in [2.75, 3.05) is 0 Å². The molecule has 0 saturated heterocycles. The minimum absolute atomic E-state index is 0.268. The van der Waals surface area contributed by atoms with Crippen molar-refractivity contribution < 1.29 is 0 Å². The van der Waals surface area contributed by atoms with Crippen LogP contribution in [0.1, 0.15) is 18.9 Å². The molecule has 1 aromatic rings. The zero-order valence-electron chi connectivity index (χ0n) is 7.05. The molecule has 2 rings (SSSR count). The highest BCUT2D eigenvalue weighted by Crippen LogP contribution is 2.46. The number of halogens is 1. The molecule has 0 aliphatic heterocycles. The van der Waals surface area contributed by atoms with Crippen LogP contribution in [-0.2, 0) is 5.41 Å². The van der Waals surface area contributed by atoms with E-state index in [1.807, 2.05) is 0 Å². The van der Waals surface area contributed by atoms with E-state index in [1.165, 1.54) is 9.13 Å². The van der Waals surface area contributed by atoms with E-state index in [0.29, 0.717) is 6.04 Å². The summed E-state index contributed by atoms with van der Waals surface area (Å²) >= 11 is 2.32. The van der Waals surface area contributed by atoms with Gasteiger partial charge in [0, 0.05) is 15.0 Å². The Morgan fingerprint density at radius 3 is 2.33 bits per heavy atom. The topological polar surface area (TPSA) is 26.0 Å². The third-order valence-corrected chi connectivity index (χ3v) is 3.53. The van der Waals surface area contributed by atoms with Crippen LogP contribution in [-0.4, -0.2) is 6.04 Å². The number of hydrogen-bond acceptors (Lipinski definition) is 1. The Balaban J connectivity index is 2.31. The van der Waals surface area contributed by atoms with Gasteiger partial charge in [0.05, 0.1) is 0 Å². The first-order valence-electron chi connectivity index (χ1n) is 4.14. The van der Waals surface area contributed by atoms with E-state index in [9.17, 15) is 0 Å². The Labute approximate surface area is 86.5 Å². The van der Waals surface area contributed by atoms with E-state index in [0.717, 1.165) is 6.42 Å². The SMILES string of the molecule is CC1(c2ccc(I)cc2)CC1N. The molecule has 2 atom stereocenters. The molecule has 1 aliphatic rings. The Kier molecular flexibility index (Phi) is 1.92. The van der Waals surface area contributed by atoms with E-state index >= 15 is 0 Å². The van der Waals surface area contributed by atoms with Gasteiger partial charge in [-0.25, -0.2) is 0 Å². The third kappa shape index (κ3) is 1.27. The van der Waals surface area contributed by atoms with Gasteiger partial charge in [-0.15, -0.1) is 0 Å². The van der Waals surface area contributed by atoms with Crippen molar-refractivity contribution in [1.29, 1.82) is 0 Å². The minimum Gasteiger partial charge on any atom is -0.327 e. The van der Waals surface area contributed by atoms with E-state index in [-0.39, 0.29) is 5.41 Å². The van der Waals surface area contributed by atoms with Gasteiger partial charge >= 0.3 is 0 Å². The Bertz CT molecular complexity index is 293. The monoisotopic (exact) mass is 273 g/mol. The van der Waals surface area contributed by atoms with Crippen molar-refractivity contribution in [3.8, 4) is 0 Å². The zero-order valence-corrected chi connectivity index (χ0v) is 9.21. The summed E-state index contributed by atoms with van der Waals surface area (Å²) < 4.78 is 1.29. The number of rotatable bonds is 1. The largest absolute Gasteiger partial charge is 0.327 e. The van der Waals surface area contributed by atoms with Crippen LogP contribution < -0.4 is 5.73 Å². The highest BCUT2D eigenvalue weighted by molar-refractivity contribution is 14.1. The predicted molar refractivity (Wildman–Crippen MR) is 59.1 cm³/mol. The van der Waals surface area contributed by atoms with Crippen molar-refractivity contribution in [3.63, 3.8) is 0 Å². The molecule has 0 aromatic heterocycles. The van der Waals surface area contributed by atoms with Crippen molar-refractivity contribution >= 4 is 22.6 Å². The van der Waals surface area contributed by atoms with Gasteiger partial charge in [-0.05, 0) is 46.7 Å². The van der Waals surface area contributed by atoms with E-state index in [1.54, 1.807) is 0 Å². The number of benzene rings is 1. The molecule has 1 fully saturated rings. The number of hydrogen-bond donors (Lipinski definition) is 1. The molecule has 2 unspecified atom stereocenters. The molecular weight excluding hydrogens is 261 g/mol. The van der Waals surface area contributed by atoms with Crippen LogP contribution >= 0.6 is 22.6 Å². The van der Waals surface area contributed by atoms with Crippen LogP contribution in [0, 0.1) is 3.57 Å². The van der Waals surface area contributed by atoms with E-state index in [2.05, 4.69) is 53.8 Å². The summed E-state index contributed by atoms with van der Waals surface area (Å²) in [5.74, 6) is 0. The molecule has 0 bridgehead atoms. The van der Waals surface area contributed by atoms with E-state index < -0.39 is 0 Å². The lowest BCUT2D eigenvalue weighted by molar-refractivity contribution is 0.741. The average Bonchev–Trinajstić information content (AvgIpc) is 2.62. The average molecular weight is 273 g/mol. The fourth-order valence-electron chi connectivity index (χ4n) is 1.56. The summed E-state index contributed by atoms with van der Waals surface area (Å²) in [7, 11) is 0. The molecule has 0 radical (unpaired) electrons. The lowest BCUT2D eigenvalue weighted by Gasteiger charge is -2.09. The maximum Gasteiger partial charge on any atom is 0.0143 e. The molecule has 0 heterocycles. The minimum atomic E-state index is 0.268. The molecule has 2 heteroatoms. The molecular formula is C10H12IN. The molecule has 1 aromatic carbocycles. The standard InChI is InChI=1S/C10H12IN/c1-10(6-9(10)12)7-2-4-8(11)5-3-7/h2-5,9H,6,12H2,1H3. The van der Waals surface area contributed by atoms with Crippen LogP contribution in [0.2, 0.25) is 0 Å². The molecule has 1 aliphatic carbocycles. The lowest BCUT2D eigenvalue weighted by atomic mass is 9.98. The van der Waals surface area contributed by atoms with Gasteiger partial charge in [0.1, 0.15) is 0 Å². The number of nitrogens with two attached hydrogens (primary N) is 1. The predicted octanol–water partition coefficient (Wildman–Crippen LogP) is 2.28. The fraction of sp³-hybridized carbons (Fsp3) is 0.400. The van der Waals surface area contributed by atoms with Crippen LogP contribution in [0.25, 0.3) is 0 Å². The maximum atomic E-state index is 5.87. The first-order valence-corrected chi connectivity index (χ1v) is 5.22. The second kappa shape index (κ2) is 2.70. The van der Waals surface area contributed by atoms with Gasteiger partial charge in [-0.3, -0.25) is 0 Å². The van der Waals surface area contributed by atoms with Gasteiger partial charge in [0.2, 0.25) is 0 Å². The zero-order chi connectivity index (χ0) is 8.77. The second-order valence-corrected chi connectivity index (χ2v) is 4.98. The molecule has 1 saturated carbocycles. The third-order valence-electron chi connectivity index (χ3n) is 2.81. The van der Waals surface area contributed by atoms with Crippen molar-refractivity contribution in [3.05, 3.63) is 33.4 Å². The first kappa shape index (κ1) is 8.51. The normalized spacial score (nSPS) is 33.4. The van der Waals surface area contributed by atoms with Crippen LogP contribution in [0.5, 0.6) is 0 Å². The maximum absolute atomic E-state index is 5.87. The Hall–Kier alpha value is -0.0900. The summed E-state index contributed by atoms with van der Waals surface area (Å²) in [5, 5.41) is 0. The van der Waals surface area contributed by atoms with E-state index in [4.69, 9.17) is 5.73 Å². The highest BCUT2D eigenvalue weighted by Gasteiger charge is 2.48. The van der Waals surface area contributed by atoms with Crippen LogP contribution in [0.4, 0.5) is 0 Å². The van der Waals surface area contributed by atoms with Gasteiger partial charge in [-0.1, -0.05) is 19.1 Å². The lowest BCUT2D eigenvalue weighted by Crippen LogP contribution is -2.14. The molecule has 64 valence electrons. The summed E-state index contributed by atoms with van der Waals surface area (Å²) in [6.07, 6.45) is 1.13.